The summed E-state index contributed by atoms with van der Waals surface area (Å²) in [6.07, 6.45) is 5.71. The van der Waals surface area contributed by atoms with Crippen molar-refractivity contribution < 1.29 is 13.9 Å². The number of guanidine groups is 1. The van der Waals surface area contributed by atoms with Gasteiger partial charge >= 0.3 is 0 Å². The van der Waals surface area contributed by atoms with Crippen LogP contribution in [0.3, 0.4) is 0 Å². The molecule has 1 aliphatic carbocycles. The van der Waals surface area contributed by atoms with Crippen molar-refractivity contribution in [2.24, 2.45) is 10.4 Å². The molecule has 2 atom stereocenters. The van der Waals surface area contributed by atoms with Crippen LogP contribution in [0.1, 0.15) is 38.9 Å². The van der Waals surface area contributed by atoms with Crippen LogP contribution in [0.4, 0.5) is 0 Å². The average molecular weight is 506 g/mol. The smallest absolute Gasteiger partial charge is 0.243 e. The molecular formula is C20H35IN4O3. The number of aliphatic imine (C=N–C) groups is 1. The molecule has 2 N–H and O–H groups in total. The van der Waals surface area contributed by atoms with Gasteiger partial charge in [0.15, 0.2) is 5.96 Å². The molecule has 7 nitrogen and oxygen atoms in total. The number of rotatable bonds is 9. The second kappa shape index (κ2) is 11.6. The highest BCUT2D eigenvalue weighted by molar-refractivity contribution is 14.0. The monoisotopic (exact) mass is 506 g/mol. The van der Waals surface area contributed by atoms with Crippen LogP contribution in [0, 0.1) is 5.41 Å². The first kappa shape index (κ1) is 24.7. The number of ether oxygens (including phenoxy) is 1. The maximum absolute atomic E-state index is 11.9. The van der Waals surface area contributed by atoms with Gasteiger partial charge in [0.25, 0.3) is 0 Å². The molecule has 0 radical (unpaired) electrons. The van der Waals surface area contributed by atoms with Crippen molar-refractivity contribution in [3.05, 3.63) is 24.2 Å². The zero-order chi connectivity index (χ0) is 19.9. The van der Waals surface area contributed by atoms with Crippen LogP contribution in [0.5, 0.6) is 0 Å². The van der Waals surface area contributed by atoms with Crippen molar-refractivity contribution in [1.82, 2.24) is 15.5 Å². The minimum Gasteiger partial charge on any atom is -0.469 e. The van der Waals surface area contributed by atoms with Crippen molar-refractivity contribution in [2.75, 3.05) is 34.3 Å². The molecule has 0 aromatic carbocycles. The first-order valence-corrected chi connectivity index (χ1v) is 9.77. The van der Waals surface area contributed by atoms with Gasteiger partial charge in [-0.2, -0.15) is 0 Å². The Hall–Kier alpha value is -1.29. The first-order valence-electron chi connectivity index (χ1n) is 9.77. The molecule has 1 amide bonds. The van der Waals surface area contributed by atoms with Gasteiger partial charge in [-0.1, -0.05) is 13.8 Å². The summed E-state index contributed by atoms with van der Waals surface area (Å²) in [6.45, 7) is 5.22. The molecule has 0 saturated heterocycles. The summed E-state index contributed by atoms with van der Waals surface area (Å²) in [5.41, 5.74) is 0.101. The second-order valence-corrected chi connectivity index (χ2v) is 7.31. The van der Waals surface area contributed by atoms with E-state index in [1.807, 2.05) is 12.1 Å². The van der Waals surface area contributed by atoms with Crippen molar-refractivity contribution in [3.63, 3.8) is 0 Å². The molecule has 1 fully saturated rings. The van der Waals surface area contributed by atoms with Crippen LogP contribution in [-0.2, 0) is 16.0 Å². The van der Waals surface area contributed by atoms with E-state index < -0.39 is 0 Å². The number of carbonyl (C=O) groups is 1. The maximum atomic E-state index is 11.9. The van der Waals surface area contributed by atoms with Gasteiger partial charge in [-0.25, -0.2) is 4.99 Å². The standard InChI is InChI=1S/C20H34N4O3.HI/c1-6-20(7-2)16(13-17(20)26-5)23-19(22-14-18(25)24(3)4)21-11-10-15-9-8-12-27-15;/h8-9,12,16-17H,6-7,10-11,13-14H2,1-5H3,(H2,21,22,23);1H. The lowest BCUT2D eigenvalue weighted by molar-refractivity contribution is -0.127. The molecule has 1 aromatic heterocycles. The fourth-order valence-electron chi connectivity index (χ4n) is 3.84. The van der Waals surface area contributed by atoms with E-state index in [4.69, 9.17) is 9.15 Å². The van der Waals surface area contributed by atoms with Gasteiger partial charge in [0.05, 0.1) is 12.4 Å². The van der Waals surface area contributed by atoms with Gasteiger partial charge in [-0.15, -0.1) is 24.0 Å². The van der Waals surface area contributed by atoms with Crippen molar-refractivity contribution in [1.29, 1.82) is 0 Å². The highest BCUT2D eigenvalue weighted by Crippen LogP contribution is 2.48. The lowest BCUT2D eigenvalue weighted by atomic mass is 9.58. The number of halogens is 1. The van der Waals surface area contributed by atoms with Crippen LogP contribution in [0.2, 0.25) is 0 Å². The Balaban J connectivity index is 0.00000392. The largest absolute Gasteiger partial charge is 0.469 e. The first-order chi connectivity index (χ1) is 13.0. The van der Waals surface area contributed by atoms with Crippen molar-refractivity contribution in [3.8, 4) is 0 Å². The Labute approximate surface area is 185 Å². The molecule has 28 heavy (non-hydrogen) atoms. The molecule has 1 aliphatic rings. The van der Waals surface area contributed by atoms with E-state index in [2.05, 4.69) is 29.5 Å². The van der Waals surface area contributed by atoms with Gasteiger partial charge < -0.3 is 24.7 Å². The number of furan rings is 1. The SMILES string of the molecule is CCC1(CC)C(NC(=NCC(=O)N(C)C)NCCc2ccco2)CC1OC.I. The molecule has 0 aliphatic heterocycles. The van der Waals surface area contributed by atoms with E-state index in [1.54, 1.807) is 32.4 Å². The third-order valence-electron chi connectivity index (χ3n) is 5.81. The number of hydrogen-bond acceptors (Lipinski definition) is 4. The molecule has 1 aromatic rings. The summed E-state index contributed by atoms with van der Waals surface area (Å²) in [6, 6.07) is 4.12. The maximum Gasteiger partial charge on any atom is 0.243 e. The molecule has 160 valence electrons. The molecule has 0 spiro atoms. The van der Waals surface area contributed by atoms with Gasteiger partial charge in [-0.3, -0.25) is 4.79 Å². The molecule has 1 saturated carbocycles. The van der Waals surface area contributed by atoms with E-state index in [0.717, 1.165) is 31.4 Å². The lowest BCUT2D eigenvalue weighted by Gasteiger charge is -2.55. The van der Waals surface area contributed by atoms with E-state index in [9.17, 15) is 4.79 Å². The van der Waals surface area contributed by atoms with Crippen LogP contribution >= 0.6 is 24.0 Å². The predicted molar refractivity (Wildman–Crippen MR) is 122 cm³/mol. The number of methoxy groups -OCH3 is 1. The zero-order valence-electron chi connectivity index (χ0n) is 17.7. The summed E-state index contributed by atoms with van der Waals surface area (Å²) < 4.78 is 11.1. The molecule has 2 unspecified atom stereocenters. The average Bonchev–Trinajstić information content (AvgIpc) is 3.16. The van der Waals surface area contributed by atoms with E-state index in [1.165, 1.54) is 0 Å². The molecule has 0 bridgehead atoms. The highest BCUT2D eigenvalue weighted by atomic mass is 127. The van der Waals surface area contributed by atoms with E-state index in [0.29, 0.717) is 12.5 Å². The highest BCUT2D eigenvalue weighted by Gasteiger charge is 2.53. The Bertz CT molecular complexity index is 615. The molecular weight excluding hydrogens is 471 g/mol. The van der Waals surface area contributed by atoms with Crippen LogP contribution in [0.15, 0.2) is 27.8 Å². The van der Waals surface area contributed by atoms with E-state index >= 15 is 0 Å². The minimum atomic E-state index is -0.0252. The molecule has 8 heteroatoms. The Kier molecular flexibility index (Phi) is 10.3. The van der Waals surface area contributed by atoms with Crippen LogP contribution in [-0.4, -0.2) is 63.2 Å². The third kappa shape index (κ3) is 5.85. The van der Waals surface area contributed by atoms with Gasteiger partial charge in [0, 0.05) is 45.6 Å². The fraction of sp³-hybridized carbons (Fsp3) is 0.700. The second-order valence-electron chi connectivity index (χ2n) is 7.31. The minimum absolute atomic E-state index is 0. The quantitative estimate of drug-likeness (QED) is 0.306. The van der Waals surface area contributed by atoms with E-state index in [-0.39, 0.29) is 54.0 Å². The number of amides is 1. The van der Waals surface area contributed by atoms with Crippen LogP contribution < -0.4 is 10.6 Å². The number of hydrogen-bond donors (Lipinski definition) is 2. The molecule has 2 rings (SSSR count). The van der Waals surface area contributed by atoms with Crippen molar-refractivity contribution >= 4 is 35.8 Å². The third-order valence-corrected chi connectivity index (χ3v) is 5.81. The topological polar surface area (TPSA) is 79.1 Å². The summed E-state index contributed by atoms with van der Waals surface area (Å²) in [4.78, 5) is 18.0. The fourth-order valence-corrected chi connectivity index (χ4v) is 3.84. The van der Waals surface area contributed by atoms with Crippen molar-refractivity contribution in [2.45, 2.75) is 51.7 Å². The Morgan fingerprint density at radius 1 is 1.39 bits per heavy atom. The normalized spacial score (nSPS) is 20.7. The van der Waals surface area contributed by atoms with Crippen LogP contribution in [0.25, 0.3) is 0 Å². The summed E-state index contributed by atoms with van der Waals surface area (Å²) in [7, 11) is 5.26. The number of nitrogens with zero attached hydrogens (tertiary/aromatic N) is 2. The Morgan fingerprint density at radius 2 is 2.11 bits per heavy atom. The zero-order valence-corrected chi connectivity index (χ0v) is 20.0. The summed E-state index contributed by atoms with van der Waals surface area (Å²) in [5, 5.41) is 6.88. The molecule has 1 heterocycles. The number of carbonyl (C=O) groups excluding carboxylic acids is 1. The van der Waals surface area contributed by atoms with Gasteiger partial charge in [0.1, 0.15) is 12.3 Å². The van der Waals surface area contributed by atoms with Gasteiger partial charge in [0.2, 0.25) is 5.91 Å². The van der Waals surface area contributed by atoms with Gasteiger partial charge in [-0.05, 0) is 31.4 Å². The lowest BCUT2D eigenvalue weighted by Crippen LogP contribution is -2.65. The summed E-state index contributed by atoms with van der Waals surface area (Å²) >= 11 is 0. The predicted octanol–water partition coefficient (Wildman–Crippen LogP) is 2.66. The summed E-state index contributed by atoms with van der Waals surface area (Å²) in [5.74, 6) is 1.57. The number of likely N-dealkylation sites (N-methyl/N-ethyl adjacent to an activating group) is 1. The Morgan fingerprint density at radius 3 is 2.64 bits per heavy atom. The number of nitrogens with one attached hydrogen (secondary N) is 2.